The zero-order chi connectivity index (χ0) is 21.4. The number of amides is 1. The summed E-state index contributed by atoms with van der Waals surface area (Å²) >= 11 is 0. The largest absolute Gasteiger partial charge is 1.00 e. The minimum atomic E-state index is -0.633. The Bertz CT molecular complexity index is 820. The molecule has 0 saturated carbocycles. The van der Waals surface area contributed by atoms with Crippen molar-refractivity contribution in [3.8, 4) is 5.75 Å². The molecule has 2 aromatic rings. The number of carbonyl (C=O) groups excluding carboxylic acids is 2. The van der Waals surface area contributed by atoms with Crippen LogP contribution in [0.4, 0.5) is 4.79 Å². The minimum absolute atomic E-state index is 0. The molecular weight excluding hydrogens is 393 g/mol. The Kier molecular flexibility index (Phi) is 10.6. The van der Waals surface area contributed by atoms with Gasteiger partial charge in [-0.3, -0.25) is 4.90 Å². The standard InChI is InChI=1S/C22H25NO4.CH3O.Na/c1-22(2,3)27-21(25)23-12-11-17-13-18(9-10-19(17)20(23)14-24)26-15-16-7-5-4-6-8-16;1-2;/h4-10,13-14,20H,11-12,15H2,1-3H3;1H3;/q;-1;+1. The third-order valence-corrected chi connectivity index (χ3v) is 4.40. The van der Waals surface area contributed by atoms with Crippen LogP contribution in [-0.2, 0) is 22.6 Å². The summed E-state index contributed by atoms with van der Waals surface area (Å²) < 4.78 is 11.3. The van der Waals surface area contributed by atoms with Gasteiger partial charge in [-0.15, -0.1) is 0 Å². The van der Waals surface area contributed by atoms with Gasteiger partial charge in [0.25, 0.3) is 0 Å². The van der Waals surface area contributed by atoms with E-state index in [-0.39, 0.29) is 29.6 Å². The van der Waals surface area contributed by atoms with Crippen LogP contribution < -0.4 is 39.4 Å². The summed E-state index contributed by atoms with van der Waals surface area (Å²) in [5, 5.41) is 8.25. The van der Waals surface area contributed by atoms with Gasteiger partial charge in [0.1, 0.15) is 30.3 Å². The first kappa shape index (κ1) is 26.2. The fourth-order valence-corrected chi connectivity index (χ4v) is 3.14. The molecule has 6 nitrogen and oxygen atoms in total. The molecule has 1 aliphatic rings. The quantitative estimate of drug-likeness (QED) is 0.524. The van der Waals surface area contributed by atoms with Crippen molar-refractivity contribution in [3.63, 3.8) is 0 Å². The van der Waals surface area contributed by atoms with E-state index in [1.54, 1.807) is 0 Å². The fraction of sp³-hybridized carbons (Fsp3) is 0.391. The molecule has 1 atom stereocenters. The number of hydrogen-bond donors (Lipinski definition) is 0. The average molecular weight is 421 g/mol. The molecule has 1 unspecified atom stereocenters. The predicted octanol–water partition coefficient (Wildman–Crippen LogP) is 0.279. The Morgan fingerprint density at radius 1 is 1.17 bits per heavy atom. The van der Waals surface area contributed by atoms with Crippen molar-refractivity contribution in [3.05, 3.63) is 65.2 Å². The number of carbonyl (C=O) groups is 2. The molecule has 0 N–H and O–H groups in total. The van der Waals surface area contributed by atoms with Crippen LogP contribution in [0.5, 0.6) is 5.75 Å². The summed E-state index contributed by atoms with van der Waals surface area (Å²) in [6.45, 7) is 6.37. The van der Waals surface area contributed by atoms with Crippen LogP contribution in [0, 0.1) is 0 Å². The number of aldehydes is 1. The van der Waals surface area contributed by atoms with Crippen LogP contribution in [0.15, 0.2) is 48.5 Å². The SMILES string of the molecule is CC(C)(C)OC(=O)N1CCc2cc(OCc3ccccc3)ccc2C1C=O.C[O-].[Na+]. The van der Waals surface area contributed by atoms with Gasteiger partial charge >= 0.3 is 35.7 Å². The van der Waals surface area contributed by atoms with E-state index >= 15 is 0 Å². The Morgan fingerprint density at radius 3 is 2.43 bits per heavy atom. The second-order valence-corrected chi connectivity index (χ2v) is 7.64. The van der Waals surface area contributed by atoms with Gasteiger partial charge in [-0.05, 0) is 56.0 Å². The Morgan fingerprint density at radius 2 is 1.83 bits per heavy atom. The van der Waals surface area contributed by atoms with Gasteiger partial charge in [-0.1, -0.05) is 36.4 Å². The zero-order valence-electron chi connectivity index (χ0n) is 18.4. The molecular formula is C23H28NNaO5. The summed E-state index contributed by atoms with van der Waals surface area (Å²) in [7, 11) is 0.750. The van der Waals surface area contributed by atoms with E-state index in [1.807, 2.05) is 69.3 Å². The van der Waals surface area contributed by atoms with Crippen molar-refractivity contribution in [1.29, 1.82) is 0 Å². The van der Waals surface area contributed by atoms with Gasteiger partial charge in [-0.25, -0.2) is 4.79 Å². The van der Waals surface area contributed by atoms with Crippen LogP contribution in [0.2, 0.25) is 0 Å². The Balaban J connectivity index is 0.00000146. The van der Waals surface area contributed by atoms with Crippen molar-refractivity contribution in [2.45, 2.75) is 45.4 Å². The Hall–Kier alpha value is -1.86. The smallest absolute Gasteiger partial charge is 0.857 e. The molecule has 1 aliphatic heterocycles. The van der Waals surface area contributed by atoms with E-state index in [4.69, 9.17) is 14.6 Å². The third-order valence-electron chi connectivity index (χ3n) is 4.40. The monoisotopic (exact) mass is 421 g/mol. The normalized spacial score (nSPS) is 15.0. The molecule has 0 saturated heterocycles. The number of rotatable bonds is 4. The summed E-state index contributed by atoms with van der Waals surface area (Å²) in [5.74, 6) is 0.757. The van der Waals surface area contributed by atoms with Gasteiger partial charge in [0.15, 0.2) is 0 Å². The third kappa shape index (κ3) is 7.13. The molecule has 0 bridgehead atoms. The van der Waals surface area contributed by atoms with Gasteiger partial charge in [0.2, 0.25) is 0 Å². The molecule has 0 aliphatic carbocycles. The molecule has 1 heterocycles. The van der Waals surface area contributed by atoms with Crippen LogP contribution in [0.25, 0.3) is 0 Å². The molecule has 1 amide bonds. The molecule has 0 radical (unpaired) electrons. The van der Waals surface area contributed by atoms with Crippen molar-refractivity contribution in [2.75, 3.05) is 13.7 Å². The van der Waals surface area contributed by atoms with Gasteiger partial charge in [0, 0.05) is 6.54 Å². The second kappa shape index (κ2) is 12.1. The summed E-state index contributed by atoms with van der Waals surface area (Å²) in [6.07, 6.45) is 0.989. The first-order valence-corrected chi connectivity index (χ1v) is 9.52. The maximum absolute atomic E-state index is 12.4. The van der Waals surface area contributed by atoms with E-state index in [0.29, 0.717) is 19.6 Å². The molecule has 156 valence electrons. The molecule has 2 aromatic carbocycles. The van der Waals surface area contributed by atoms with Crippen molar-refractivity contribution >= 4 is 12.4 Å². The molecule has 0 aromatic heterocycles. The number of benzene rings is 2. The topological polar surface area (TPSA) is 78.9 Å². The second-order valence-electron chi connectivity index (χ2n) is 7.64. The predicted molar refractivity (Wildman–Crippen MR) is 109 cm³/mol. The first-order chi connectivity index (χ1) is 13.9. The van der Waals surface area contributed by atoms with Crippen molar-refractivity contribution < 1.29 is 53.7 Å². The molecule has 7 heteroatoms. The van der Waals surface area contributed by atoms with Crippen LogP contribution in [0.1, 0.15) is 43.5 Å². The van der Waals surface area contributed by atoms with E-state index in [2.05, 4.69) is 0 Å². The molecule has 0 spiro atoms. The molecule has 30 heavy (non-hydrogen) atoms. The number of ether oxygens (including phenoxy) is 2. The van der Waals surface area contributed by atoms with Gasteiger partial charge in [-0.2, -0.15) is 7.11 Å². The number of fused-ring (bicyclic) bond motifs is 1. The minimum Gasteiger partial charge on any atom is -0.857 e. The van der Waals surface area contributed by atoms with Gasteiger partial charge in [0.05, 0.1) is 0 Å². The first-order valence-electron chi connectivity index (χ1n) is 9.52. The van der Waals surface area contributed by atoms with E-state index in [9.17, 15) is 9.59 Å². The maximum Gasteiger partial charge on any atom is 1.00 e. The molecule has 3 rings (SSSR count). The van der Waals surface area contributed by atoms with Crippen molar-refractivity contribution in [1.82, 2.24) is 4.90 Å². The zero-order valence-corrected chi connectivity index (χ0v) is 20.4. The van der Waals surface area contributed by atoms with Crippen LogP contribution >= 0.6 is 0 Å². The van der Waals surface area contributed by atoms with Crippen LogP contribution in [0.3, 0.4) is 0 Å². The number of nitrogens with zero attached hydrogens (tertiary/aromatic N) is 1. The van der Waals surface area contributed by atoms with Crippen LogP contribution in [-0.4, -0.2) is 36.5 Å². The summed E-state index contributed by atoms with van der Waals surface area (Å²) in [4.78, 5) is 25.6. The summed E-state index contributed by atoms with van der Waals surface area (Å²) in [5.41, 5.74) is 2.35. The number of hydrogen-bond acceptors (Lipinski definition) is 5. The Labute approximate surface area is 200 Å². The summed E-state index contributed by atoms with van der Waals surface area (Å²) in [6, 6.07) is 15.0. The van der Waals surface area contributed by atoms with E-state index in [0.717, 1.165) is 35.8 Å². The van der Waals surface area contributed by atoms with Gasteiger partial charge < -0.3 is 19.4 Å². The van der Waals surface area contributed by atoms with E-state index in [1.165, 1.54) is 4.90 Å². The van der Waals surface area contributed by atoms with Crippen molar-refractivity contribution in [2.24, 2.45) is 0 Å². The molecule has 0 fully saturated rings. The van der Waals surface area contributed by atoms with E-state index < -0.39 is 17.7 Å². The average Bonchev–Trinajstić information content (AvgIpc) is 2.72. The maximum atomic E-state index is 12.4. The fourth-order valence-electron chi connectivity index (χ4n) is 3.14.